The van der Waals surface area contributed by atoms with E-state index in [9.17, 15) is 0 Å². The monoisotopic (exact) mass is 368 g/mol. The zero-order chi connectivity index (χ0) is 18.9. The van der Waals surface area contributed by atoms with Crippen molar-refractivity contribution in [2.24, 2.45) is 17.3 Å². The van der Waals surface area contributed by atoms with Gasteiger partial charge in [0.15, 0.2) is 0 Å². The Labute approximate surface area is 165 Å². The fourth-order valence-electron chi connectivity index (χ4n) is 6.39. The molecule has 2 fully saturated rings. The van der Waals surface area contributed by atoms with Crippen LogP contribution >= 0.6 is 0 Å². The van der Waals surface area contributed by atoms with Gasteiger partial charge in [-0.3, -0.25) is 0 Å². The van der Waals surface area contributed by atoms with Crippen molar-refractivity contribution < 1.29 is 9.47 Å². The van der Waals surface area contributed by atoms with E-state index in [2.05, 4.69) is 38.6 Å². The fourth-order valence-corrected chi connectivity index (χ4v) is 6.39. The Bertz CT molecular complexity index is 666. The van der Waals surface area contributed by atoms with E-state index in [-0.39, 0.29) is 0 Å². The lowest BCUT2D eigenvalue weighted by molar-refractivity contribution is -0.0554. The normalized spacial score (nSPS) is 34.4. The van der Waals surface area contributed by atoms with Crippen molar-refractivity contribution in [1.29, 1.82) is 0 Å². The zero-order valence-corrected chi connectivity index (χ0v) is 17.2. The van der Waals surface area contributed by atoms with Gasteiger partial charge in [-0.1, -0.05) is 32.4 Å². The van der Waals surface area contributed by atoms with Crippen LogP contribution in [0.2, 0.25) is 0 Å². The highest BCUT2D eigenvalue weighted by molar-refractivity contribution is 5.40. The number of hydrogen-bond acceptors (Lipinski definition) is 2. The third kappa shape index (κ3) is 3.46. The lowest BCUT2D eigenvalue weighted by Crippen LogP contribution is -2.44. The highest BCUT2D eigenvalue weighted by atomic mass is 16.5. The van der Waals surface area contributed by atoms with Crippen molar-refractivity contribution in [3.05, 3.63) is 42.0 Å². The van der Waals surface area contributed by atoms with Gasteiger partial charge in [0.2, 0.25) is 0 Å². The quantitative estimate of drug-likeness (QED) is 0.416. The van der Waals surface area contributed by atoms with Gasteiger partial charge in [0, 0.05) is 0 Å². The number of ether oxygens (including phenoxy) is 2. The first-order chi connectivity index (χ1) is 13.2. The molecule has 4 rings (SSSR count). The first-order valence-corrected chi connectivity index (χ1v) is 11.2. The minimum absolute atomic E-state index is 0.366. The van der Waals surface area contributed by atoms with Gasteiger partial charge in [0.1, 0.15) is 5.75 Å². The van der Waals surface area contributed by atoms with E-state index < -0.39 is 0 Å². The second-order valence-electron chi connectivity index (χ2n) is 9.21. The number of hydrogen-bond donors (Lipinski definition) is 0. The Morgan fingerprint density at radius 1 is 1.22 bits per heavy atom. The van der Waals surface area contributed by atoms with E-state index in [1.807, 2.05) is 6.08 Å². The predicted molar refractivity (Wildman–Crippen MR) is 111 cm³/mol. The first kappa shape index (κ1) is 19.1. The summed E-state index contributed by atoms with van der Waals surface area (Å²) in [4.78, 5) is 0. The molecule has 1 aromatic carbocycles. The largest absolute Gasteiger partial charge is 0.494 e. The van der Waals surface area contributed by atoms with Crippen molar-refractivity contribution in [2.75, 3.05) is 13.2 Å². The van der Waals surface area contributed by atoms with Crippen molar-refractivity contribution in [1.82, 2.24) is 0 Å². The first-order valence-electron chi connectivity index (χ1n) is 11.2. The SMILES string of the molecule is C=CCO[C@H]1CC[C@H]2[C@@H]3CCc4cc(OCCCC)ccc4[C@H]3CC[C@]12C. The molecule has 2 heteroatoms. The number of benzene rings is 1. The summed E-state index contributed by atoms with van der Waals surface area (Å²) in [5.74, 6) is 3.47. The molecule has 27 heavy (non-hydrogen) atoms. The molecule has 0 unspecified atom stereocenters. The molecule has 0 aliphatic heterocycles. The summed E-state index contributed by atoms with van der Waals surface area (Å²) >= 11 is 0. The van der Waals surface area contributed by atoms with Gasteiger partial charge >= 0.3 is 0 Å². The van der Waals surface area contributed by atoms with Gasteiger partial charge in [0.05, 0.1) is 19.3 Å². The molecule has 0 spiro atoms. The Hall–Kier alpha value is -1.28. The van der Waals surface area contributed by atoms with Crippen LogP contribution < -0.4 is 4.74 Å². The van der Waals surface area contributed by atoms with Crippen LogP contribution in [0.4, 0.5) is 0 Å². The highest BCUT2D eigenvalue weighted by Gasteiger charge is 2.55. The van der Waals surface area contributed by atoms with E-state index in [0.717, 1.165) is 36.5 Å². The number of unbranched alkanes of at least 4 members (excludes halogenated alkanes) is 1. The molecule has 3 aliphatic carbocycles. The average molecular weight is 369 g/mol. The standard InChI is InChI=1S/C25H36O2/c1-4-6-16-26-19-8-10-20-18(17-19)7-9-22-21(20)13-14-25(3)23(22)11-12-24(25)27-15-5-2/h5,8,10,17,21-24H,2,4,6-7,9,11-16H2,1,3H3/t21-,22-,23+,24+,25+/m1/s1. The van der Waals surface area contributed by atoms with E-state index in [4.69, 9.17) is 9.47 Å². The van der Waals surface area contributed by atoms with Gasteiger partial charge in [-0.15, -0.1) is 6.58 Å². The molecule has 0 amide bonds. The van der Waals surface area contributed by atoms with Crippen LogP contribution in [-0.4, -0.2) is 19.3 Å². The van der Waals surface area contributed by atoms with Crippen LogP contribution in [-0.2, 0) is 11.2 Å². The Balaban J connectivity index is 1.50. The Morgan fingerprint density at radius 3 is 2.93 bits per heavy atom. The molecular weight excluding hydrogens is 332 g/mol. The minimum Gasteiger partial charge on any atom is -0.494 e. The minimum atomic E-state index is 0.366. The molecule has 1 aromatic rings. The molecule has 2 nitrogen and oxygen atoms in total. The molecule has 0 heterocycles. The lowest BCUT2D eigenvalue weighted by Gasteiger charge is -2.50. The fraction of sp³-hybridized carbons (Fsp3) is 0.680. The maximum atomic E-state index is 6.20. The summed E-state index contributed by atoms with van der Waals surface area (Å²) in [5.41, 5.74) is 3.53. The average Bonchev–Trinajstić information content (AvgIpc) is 3.02. The van der Waals surface area contributed by atoms with Crippen molar-refractivity contribution in [3.8, 4) is 5.75 Å². The van der Waals surface area contributed by atoms with E-state index in [1.165, 1.54) is 44.9 Å². The summed E-state index contributed by atoms with van der Waals surface area (Å²) in [6, 6.07) is 6.94. The van der Waals surface area contributed by atoms with Crippen LogP contribution in [0.1, 0.15) is 75.8 Å². The lowest BCUT2D eigenvalue weighted by atomic mass is 9.55. The third-order valence-electron chi connectivity index (χ3n) is 7.79. The van der Waals surface area contributed by atoms with E-state index >= 15 is 0 Å². The van der Waals surface area contributed by atoms with Gasteiger partial charge in [-0.2, -0.15) is 0 Å². The maximum absolute atomic E-state index is 6.20. The van der Waals surface area contributed by atoms with Gasteiger partial charge < -0.3 is 9.47 Å². The molecule has 0 N–H and O–H groups in total. The second-order valence-corrected chi connectivity index (χ2v) is 9.21. The molecule has 2 saturated carbocycles. The summed E-state index contributed by atoms with van der Waals surface area (Å²) in [6.07, 6.45) is 12.4. The number of rotatable bonds is 7. The Kier molecular flexibility index (Phi) is 5.64. The van der Waals surface area contributed by atoms with Crippen LogP contribution in [0, 0.1) is 17.3 Å². The maximum Gasteiger partial charge on any atom is 0.119 e. The second kappa shape index (κ2) is 7.99. The molecule has 0 saturated heterocycles. The van der Waals surface area contributed by atoms with Crippen LogP contribution in [0.25, 0.3) is 0 Å². The highest BCUT2D eigenvalue weighted by Crippen LogP contribution is 2.61. The number of aryl methyl sites for hydroxylation is 1. The molecule has 0 bridgehead atoms. The van der Waals surface area contributed by atoms with Gasteiger partial charge in [-0.05, 0) is 91.4 Å². The smallest absolute Gasteiger partial charge is 0.119 e. The van der Waals surface area contributed by atoms with E-state index in [0.29, 0.717) is 18.1 Å². The van der Waals surface area contributed by atoms with E-state index in [1.54, 1.807) is 11.1 Å². The molecule has 3 aliphatic rings. The van der Waals surface area contributed by atoms with Crippen molar-refractivity contribution >= 4 is 0 Å². The summed E-state index contributed by atoms with van der Waals surface area (Å²) in [7, 11) is 0. The third-order valence-corrected chi connectivity index (χ3v) is 7.79. The summed E-state index contributed by atoms with van der Waals surface area (Å²) < 4.78 is 12.2. The molecule has 148 valence electrons. The van der Waals surface area contributed by atoms with Crippen molar-refractivity contribution in [2.45, 2.75) is 77.2 Å². The van der Waals surface area contributed by atoms with Crippen LogP contribution in [0.3, 0.4) is 0 Å². The molecule has 0 aromatic heterocycles. The summed E-state index contributed by atoms with van der Waals surface area (Å²) in [5, 5.41) is 0. The van der Waals surface area contributed by atoms with Crippen LogP contribution in [0.5, 0.6) is 5.75 Å². The topological polar surface area (TPSA) is 18.5 Å². The van der Waals surface area contributed by atoms with Crippen LogP contribution in [0.15, 0.2) is 30.9 Å². The molecule has 5 atom stereocenters. The Morgan fingerprint density at radius 2 is 2.11 bits per heavy atom. The molecule has 0 radical (unpaired) electrons. The predicted octanol–water partition coefficient (Wildman–Crippen LogP) is 6.29. The van der Waals surface area contributed by atoms with Gasteiger partial charge in [0.25, 0.3) is 0 Å². The zero-order valence-electron chi connectivity index (χ0n) is 17.2. The number of fused-ring (bicyclic) bond motifs is 5. The molecular formula is C25H36O2. The van der Waals surface area contributed by atoms with Gasteiger partial charge in [-0.25, -0.2) is 0 Å². The summed E-state index contributed by atoms with van der Waals surface area (Å²) in [6.45, 7) is 10.1. The van der Waals surface area contributed by atoms with Crippen molar-refractivity contribution in [3.63, 3.8) is 0 Å².